The van der Waals surface area contributed by atoms with Crippen LogP contribution >= 0.6 is 0 Å². The van der Waals surface area contributed by atoms with Gasteiger partial charge in [-0.05, 0) is 56.1 Å². The SMILES string of the molecule is CCOCC(C)COCc1ccc(C2C(O)CN(C(=O)CCCO[N+](=O)[O-])CC2OCC2CCC3OCCN(CCCOC)C3C2)cc1. The molecule has 0 spiro atoms. The predicted octanol–water partition coefficient (Wildman–Crippen LogP) is 3.44. The van der Waals surface area contributed by atoms with Crippen LogP contribution in [0.5, 0.6) is 0 Å². The van der Waals surface area contributed by atoms with Gasteiger partial charge in [-0.3, -0.25) is 9.69 Å². The third kappa shape index (κ3) is 11.9. The van der Waals surface area contributed by atoms with E-state index in [2.05, 4.69) is 16.7 Å². The first-order valence-corrected chi connectivity index (χ1v) is 17.7. The van der Waals surface area contributed by atoms with E-state index >= 15 is 0 Å². The summed E-state index contributed by atoms with van der Waals surface area (Å²) in [4.78, 5) is 32.2. The van der Waals surface area contributed by atoms with Crippen LogP contribution in [0, 0.1) is 22.0 Å². The van der Waals surface area contributed by atoms with Gasteiger partial charge in [-0.2, -0.15) is 0 Å². The molecule has 272 valence electrons. The van der Waals surface area contributed by atoms with Crippen LogP contribution in [0.2, 0.25) is 0 Å². The Morgan fingerprint density at radius 2 is 1.92 bits per heavy atom. The van der Waals surface area contributed by atoms with Gasteiger partial charge in [-0.1, -0.05) is 31.2 Å². The van der Waals surface area contributed by atoms with E-state index in [1.165, 1.54) is 0 Å². The molecule has 0 aromatic heterocycles. The first-order valence-electron chi connectivity index (χ1n) is 17.7. The highest BCUT2D eigenvalue weighted by Crippen LogP contribution is 2.36. The van der Waals surface area contributed by atoms with Crippen molar-refractivity contribution in [1.29, 1.82) is 0 Å². The fraction of sp³-hybridized carbons (Fsp3) is 0.800. The number of benzene rings is 1. The van der Waals surface area contributed by atoms with Crippen molar-refractivity contribution in [3.63, 3.8) is 0 Å². The van der Waals surface area contributed by atoms with Crippen LogP contribution in [-0.4, -0.2) is 130 Å². The molecule has 13 heteroatoms. The molecule has 3 fully saturated rings. The molecule has 3 aliphatic rings. The maximum absolute atomic E-state index is 13.1. The second-order valence-corrected chi connectivity index (χ2v) is 13.5. The second kappa shape index (κ2) is 20.3. The number of nitrogens with zero attached hydrogens (tertiary/aromatic N) is 3. The molecule has 2 saturated heterocycles. The van der Waals surface area contributed by atoms with Crippen LogP contribution < -0.4 is 0 Å². The standard InChI is InChI=1S/C35H57N3O10/c1-4-44-22-26(2)23-45-24-27-8-11-29(12-9-27)35-31(39)20-37(34(40)7-5-17-48-38(41)42)21-33(35)47-25-28-10-13-32-30(19-28)36(15-18-46-32)14-6-16-43-3/h8-9,11-12,26,28,30-33,35,39H,4-7,10,13-25H2,1-3H3. The van der Waals surface area contributed by atoms with Crippen LogP contribution in [0.15, 0.2) is 24.3 Å². The Morgan fingerprint density at radius 1 is 1.12 bits per heavy atom. The number of likely N-dealkylation sites (tertiary alicyclic amines) is 1. The highest BCUT2D eigenvalue weighted by atomic mass is 16.9. The molecule has 1 aliphatic carbocycles. The number of hydrogen-bond donors (Lipinski definition) is 1. The summed E-state index contributed by atoms with van der Waals surface area (Å²) in [5, 5.41) is 21.1. The smallest absolute Gasteiger partial charge is 0.294 e. The largest absolute Gasteiger partial charge is 0.391 e. The molecule has 4 rings (SSSR count). The summed E-state index contributed by atoms with van der Waals surface area (Å²) < 4.78 is 29.5. The Bertz CT molecular complexity index is 1090. The molecule has 7 unspecified atom stereocenters. The van der Waals surface area contributed by atoms with Crippen LogP contribution in [0.4, 0.5) is 0 Å². The van der Waals surface area contributed by atoms with E-state index in [0.29, 0.717) is 57.5 Å². The van der Waals surface area contributed by atoms with Gasteiger partial charge < -0.3 is 38.5 Å². The Kier molecular flexibility index (Phi) is 16.3. The minimum Gasteiger partial charge on any atom is -0.391 e. The molecule has 48 heavy (non-hydrogen) atoms. The molecule has 1 aromatic rings. The number of methoxy groups -OCH3 is 1. The van der Waals surface area contributed by atoms with Crippen molar-refractivity contribution in [2.75, 3.05) is 79.5 Å². The summed E-state index contributed by atoms with van der Waals surface area (Å²) >= 11 is 0. The molecule has 1 N–H and O–H groups in total. The van der Waals surface area contributed by atoms with Gasteiger partial charge in [0.1, 0.15) is 0 Å². The number of aliphatic hydroxyl groups is 1. The van der Waals surface area contributed by atoms with Gasteiger partial charge in [-0.25, -0.2) is 0 Å². The summed E-state index contributed by atoms with van der Waals surface area (Å²) in [5.74, 6) is 0.162. The average molecular weight is 680 g/mol. The number of rotatable bonds is 20. The summed E-state index contributed by atoms with van der Waals surface area (Å²) in [6.07, 6.45) is 3.28. The minimum absolute atomic E-state index is 0.0976. The lowest BCUT2D eigenvalue weighted by Crippen LogP contribution is -2.55. The van der Waals surface area contributed by atoms with Crippen molar-refractivity contribution in [2.45, 2.75) is 89.3 Å². The number of amides is 1. The van der Waals surface area contributed by atoms with Gasteiger partial charge in [-0.15, -0.1) is 10.1 Å². The van der Waals surface area contributed by atoms with Crippen molar-refractivity contribution < 1.29 is 43.5 Å². The zero-order valence-electron chi connectivity index (χ0n) is 29.0. The monoisotopic (exact) mass is 679 g/mol. The topological polar surface area (TPSA) is 142 Å². The lowest BCUT2D eigenvalue weighted by atomic mass is 9.81. The Labute approximate surface area is 285 Å². The Morgan fingerprint density at radius 3 is 2.67 bits per heavy atom. The number of β-amino-alcohol motifs (C(OH)–C–C–N with tert-alkyl or cyclic N) is 1. The van der Waals surface area contributed by atoms with E-state index in [1.54, 1.807) is 12.0 Å². The van der Waals surface area contributed by atoms with Gasteiger partial charge in [0.2, 0.25) is 5.91 Å². The van der Waals surface area contributed by atoms with Crippen LogP contribution in [-0.2, 0) is 39.9 Å². The van der Waals surface area contributed by atoms with Crippen LogP contribution in [0.25, 0.3) is 0 Å². The minimum atomic E-state index is -0.851. The van der Waals surface area contributed by atoms with E-state index in [-0.39, 0.29) is 43.9 Å². The van der Waals surface area contributed by atoms with Gasteiger partial charge in [0.25, 0.3) is 5.09 Å². The number of morpholine rings is 1. The summed E-state index contributed by atoms with van der Waals surface area (Å²) in [5.41, 5.74) is 2.00. The van der Waals surface area contributed by atoms with Crippen molar-refractivity contribution in [1.82, 2.24) is 9.80 Å². The molecule has 0 bridgehead atoms. The maximum atomic E-state index is 13.1. The lowest BCUT2D eigenvalue weighted by Gasteiger charge is -2.47. The number of aliphatic hydroxyl groups excluding tert-OH is 1. The quantitative estimate of drug-likeness (QED) is 0.123. The van der Waals surface area contributed by atoms with Crippen molar-refractivity contribution in [2.24, 2.45) is 11.8 Å². The summed E-state index contributed by atoms with van der Waals surface area (Å²) in [7, 11) is 1.74. The molecule has 2 aliphatic heterocycles. The third-order valence-electron chi connectivity index (χ3n) is 9.73. The van der Waals surface area contributed by atoms with Gasteiger partial charge in [0.15, 0.2) is 0 Å². The third-order valence-corrected chi connectivity index (χ3v) is 9.73. The average Bonchev–Trinajstić information content (AvgIpc) is 3.08. The summed E-state index contributed by atoms with van der Waals surface area (Å²) in [6.45, 7) is 10.9. The van der Waals surface area contributed by atoms with E-state index in [0.717, 1.165) is 63.1 Å². The fourth-order valence-corrected chi connectivity index (χ4v) is 7.26. The van der Waals surface area contributed by atoms with Gasteiger partial charge in [0.05, 0.1) is 51.3 Å². The number of carbonyl (C=O) groups excluding carboxylic acids is 1. The highest BCUT2D eigenvalue weighted by Gasteiger charge is 2.41. The van der Waals surface area contributed by atoms with Gasteiger partial charge >= 0.3 is 0 Å². The molecule has 1 saturated carbocycles. The molecule has 0 radical (unpaired) electrons. The molecular formula is C35H57N3O10. The second-order valence-electron chi connectivity index (χ2n) is 13.5. The normalized spacial score (nSPS) is 27.0. The Balaban J connectivity index is 1.39. The number of fused-ring (bicyclic) bond motifs is 1. The number of ether oxygens (including phenoxy) is 5. The molecular weight excluding hydrogens is 622 g/mol. The zero-order chi connectivity index (χ0) is 34.3. The number of hydrogen-bond acceptors (Lipinski definition) is 11. The van der Waals surface area contributed by atoms with E-state index in [1.807, 2.05) is 31.2 Å². The molecule has 7 atom stereocenters. The summed E-state index contributed by atoms with van der Waals surface area (Å²) in [6, 6.07) is 8.47. The Hall–Kier alpha value is -2.39. The zero-order valence-corrected chi connectivity index (χ0v) is 29.0. The number of piperidine rings is 1. The molecule has 1 aromatic carbocycles. The first kappa shape index (κ1) is 38.4. The predicted molar refractivity (Wildman–Crippen MR) is 178 cm³/mol. The van der Waals surface area contributed by atoms with Crippen molar-refractivity contribution >= 4 is 5.91 Å². The van der Waals surface area contributed by atoms with Crippen molar-refractivity contribution in [3.8, 4) is 0 Å². The number of carbonyl (C=O) groups is 1. The lowest BCUT2D eigenvalue weighted by molar-refractivity contribution is -0.757. The van der Waals surface area contributed by atoms with Crippen molar-refractivity contribution in [3.05, 3.63) is 45.5 Å². The van der Waals surface area contributed by atoms with Crippen LogP contribution in [0.1, 0.15) is 69.4 Å². The first-order chi connectivity index (χ1) is 23.3. The fourth-order valence-electron chi connectivity index (χ4n) is 7.26. The maximum Gasteiger partial charge on any atom is 0.294 e. The highest BCUT2D eigenvalue weighted by molar-refractivity contribution is 5.76. The van der Waals surface area contributed by atoms with E-state index < -0.39 is 17.3 Å². The molecule has 13 nitrogen and oxygen atoms in total. The van der Waals surface area contributed by atoms with E-state index in [9.17, 15) is 20.0 Å². The van der Waals surface area contributed by atoms with Crippen LogP contribution in [0.3, 0.4) is 0 Å². The molecule has 2 heterocycles. The van der Waals surface area contributed by atoms with Gasteiger partial charge in [0, 0.05) is 77.4 Å². The van der Waals surface area contributed by atoms with E-state index in [4.69, 9.17) is 23.7 Å². The molecule has 1 amide bonds.